The van der Waals surface area contributed by atoms with Gasteiger partial charge in [0.15, 0.2) is 29.9 Å². The molecule has 1 saturated carbocycles. The van der Waals surface area contributed by atoms with Crippen molar-refractivity contribution in [2.75, 3.05) is 13.7 Å². The number of carboxylic acids is 1. The third-order valence-corrected chi connectivity index (χ3v) is 21.1. The van der Waals surface area contributed by atoms with Crippen molar-refractivity contribution in [2.45, 2.75) is 182 Å². The van der Waals surface area contributed by atoms with Crippen molar-refractivity contribution in [2.24, 2.45) is 23.5 Å². The number of hydrogen-bond acceptors (Lipinski definition) is 25. The molecule has 0 aromatic heterocycles. The van der Waals surface area contributed by atoms with Crippen molar-refractivity contribution < 1.29 is 123 Å². The summed E-state index contributed by atoms with van der Waals surface area (Å²) in [5.74, 6) is -14.7. The van der Waals surface area contributed by atoms with Crippen LogP contribution in [-0.4, -0.2) is 197 Å². The first-order valence-corrected chi connectivity index (χ1v) is 36.3. The van der Waals surface area contributed by atoms with Crippen LogP contribution in [0.2, 0.25) is 10.0 Å². The summed E-state index contributed by atoms with van der Waals surface area (Å²) in [4.78, 5) is 132. The van der Waals surface area contributed by atoms with Gasteiger partial charge in [-0.1, -0.05) is 61.7 Å². The average Bonchev–Trinajstić information content (AvgIpc) is 1.13. The number of carboxylic acid groups (broad SMARTS) is 1. The van der Waals surface area contributed by atoms with Gasteiger partial charge in [0.05, 0.1) is 40.8 Å². The molecule has 594 valence electrons. The fourth-order valence-electron chi connectivity index (χ4n) is 14.7. The number of nitrogens with two attached hydrogens (primary N) is 1. The number of aliphatic carboxylic acids is 1. The van der Waals surface area contributed by atoms with Crippen LogP contribution in [-0.2, 0) is 57.4 Å². The lowest BCUT2D eigenvalue weighted by Crippen LogP contribution is -2.66. The Morgan fingerprint density at radius 3 is 1.98 bits per heavy atom. The number of phenolic OH excluding ortho intramolecular Hbond substituents is 3. The van der Waals surface area contributed by atoms with Gasteiger partial charge in [-0.25, -0.2) is 4.79 Å². The molecular formula is C75H85Cl2N9O25. The number of ether oxygens (including phenoxy) is 6. The van der Waals surface area contributed by atoms with Crippen LogP contribution >= 0.6 is 23.2 Å². The van der Waals surface area contributed by atoms with Gasteiger partial charge >= 0.3 is 5.97 Å². The fourth-order valence-corrected chi connectivity index (χ4v) is 15.2. The van der Waals surface area contributed by atoms with Gasteiger partial charge in [0, 0.05) is 41.5 Å². The summed E-state index contributed by atoms with van der Waals surface area (Å²) < 4.78 is 39.1. The number of aliphatic hydroxyl groups is 6. The molecule has 7 aliphatic heterocycles. The lowest BCUT2D eigenvalue weighted by molar-refractivity contribution is -0.334. The molecule has 3 fully saturated rings. The number of terminal acetylenes is 1. The Bertz CT molecular complexity index is 4510. The summed E-state index contributed by atoms with van der Waals surface area (Å²) >= 11 is 14.2. The Morgan fingerprint density at radius 2 is 1.37 bits per heavy atom. The molecule has 0 radical (unpaired) electrons. The van der Waals surface area contributed by atoms with E-state index in [4.69, 9.17) is 63.8 Å². The van der Waals surface area contributed by atoms with Crippen LogP contribution in [0.1, 0.15) is 131 Å². The highest BCUT2D eigenvalue weighted by Crippen LogP contribution is 2.50. The molecule has 11 bridgehead atoms. The highest BCUT2D eigenvalue weighted by molar-refractivity contribution is 6.32. The number of carbonyl (C=O) groups excluding carboxylic acids is 8. The summed E-state index contributed by atoms with van der Waals surface area (Å²) in [7, 11) is 1.47. The maximum atomic E-state index is 16.2. The predicted molar refractivity (Wildman–Crippen MR) is 388 cm³/mol. The van der Waals surface area contributed by atoms with E-state index in [2.05, 4.69) is 48.5 Å². The smallest absolute Gasteiger partial charge is 0.330 e. The molecule has 20 atom stereocenters. The molecule has 20 N–H and O–H groups in total. The van der Waals surface area contributed by atoms with Gasteiger partial charge in [0.25, 0.3) is 0 Å². The quantitative estimate of drug-likeness (QED) is 0.0625. The molecule has 13 rings (SSSR count). The number of phenols is 3. The van der Waals surface area contributed by atoms with Crippen molar-refractivity contribution in [1.29, 1.82) is 0 Å². The topological polar surface area (TPSA) is 534 Å². The van der Waals surface area contributed by atoms with E-state index in [1.165, 1.54) is 26.1 Å². The number of aromatic hydroxyl groups is 3. The molecule has 5 aromatic rings. The maximum Gasteiger partial charge on any atom is 0.330 e. The number of nitrogens with one attached hydrogen (secondary N) is 8. The standard InChI is InChI=1S/C75H85Cl2N9O25/c1-7-9-31-10-8-11-37(31)66(97)86-75(5)27-52(106-30(4)65(75)96)110-64-62(95)61(94)50(28-87)109-74(64)111-63-48-22-35-23-49(63)108-47-17-14-34(21-41(47)77)60(93)58-72(103)83-56(73(104)105)39-24-36(88)25-45(90)53(39)38-19-32(12-15-44(38)89)54(69(100)85-58)82-70(101)55(35)81-68(99)43(26-51(78)91)80-71(102)57(84-67(98)42(79-6)18-29(2)3)59(92)33-13-16-46(107-48)40(76)20-33/h1,12-17,19-25,29-31,37,42-43,50,52,54-62,64-65,74,79,87-90,92-96H,8-11,18,26-28H2,2-6H3,(H2,78,91)(H,80,102)(H,81,99)(H,82,101)(H,83,103)(H,84,98)(H,85,100)(H,86,97)(H,104,105)/t30-,31?,37?,42+,43?,50+,52-,54+,55+,56-,57+,58-,59+,60+,61+,62-,64+,65+,74-,75-/m0/s1. The zero-order valence-corrected chi connectivity index (χ0v) is 61.7. The normalized spacial score (nSPS) is 29.8. The van der Waals surface area contributed by atoms with E-state index < -0.39 is 249 Å². The van der Waals surface area contributed by atoms with E-state index in [1.54, 1.807) is 6.92 Å². The monoisotopic (exact) mass is 1580 g/mol. The number of rotatable bonds is 16. The number of likely N-dealkylation sites (N-methyl/N-ethyl adjacent to an activating group) is 1. The van der Waals surface area contributed by atoms with E-state index in [9.17, 15) is 79.8 Å². The molecule has 2 saturated heterocycles. The largest absolute Gasteiger partial charge is 0.508 e. The summed E-state index contributed by atoms with van der Waals surface area (Å²) in [5.41, 5.74) is 1.31. The molecule has 111 heavy (non-hydrogen) atoms. The number of aliphatic hydroxyl groups excluding tert-OH is 6. The molecule has 34 nitrogen and oxygen atoms in total. The molecular weight excluding hydrogens is 1500 g/mol. The molecule has 8 aliphatic rings. The minimum Gasteiger partial charge on any atom is -0.508 e. The minimum absolute atomic E-state index is 0.111. The summed E-state index contributed by atoms with van der Waals surface area (Å²) in [6.07, 6.45) is -11.6. The maximum absolute atomic E-state index is 16.2. The van der Waals surface area contributed by atoms with Crippen molar-refractivity contribution in [3.8, 4) is 69.5 Å². The van der Waals surface area contributed by atoms with Crippen molar-refractivity contribution in [3.63, 3.8) is 0 Å². The molecule has 8 amide bonds. The van der Waals surface area contributed by atoms with Crippen molar-refractivity contribution in [1.82, 2.24) is 42.5 Å². The van der Waals surface area contributed by atoms with Gasteiger partial charge in [-0.3, -0.25) is 38.4 Å². The lowest BCUT2D eigenvalue weighted by Gasteiger charge is -2.48. The third-order valence-electron chi connectivity index (χ3n) is 20.5. The van der Waals surface area contributed by atoms with Gasteiger partial charge < -0.3 is 128 Å². The SMILES string of the molecule is C#CCC1CCCC1C(=O)N[C@@]1(C)C[C@H](O[C@H]2[C@H](Oc3c4cc5cc3Oc3ccc(cc3Cl)[C@@H](O)[C@@H](NC(=O)[C@@H](CC(C)C)NC)C(=O)NC(CC(N)=O)C(=O)N[C@H]5C(=O)N[C@H]3C(=O)N[C@H](C(=O)N[C@H](C(=O)O)c5cc(O)cc(O)c5-c5cc3ccc5O)[C@H](O)c3ccc(c(Cl)c3)O4)O[C@H](CO)[C@@H](O)[C@@H]2O)O[C@@H](C)[C@H]1O. The van der Waals surface area contributed by atoms with E-state index in [1.807, 2.05) is 13.8 Å². The average molecular weight is 1580 g/mol. The van der Waals surface area contributed by atoms with Gasteiger partial charge in [0.2, 0.25) is 59.3 Å². The lowest BCUT2D eigenvalue weighted by atomic mass is 9.83. The van der Waals surface area contributed by atoms with Crippen molar-refractivity contribution in [3.05, 3.63) is 117 Å². The molecule has 0 spiro atoms. The Balaban J connectivity index is 1.13. The van der Waals surface area contributed by atoms with E-state index in [0.717, 1.165) is 73.2 Å². The Kier molecular flexibility index (Phi) is 24.9. The Labute approximate surface area is 643 Å². The van der Waals surface area contributed by atoms with E-state index >= 15 is 14.4 Å². The highest BCUT2D eigenvalue weighted by atomic mass is 35.5. The number of benzene rings is 5. The van der Waals surface area contributed by atoms with Gasteiger partial charge in [-0.2, -0.15) is 0 Å². The first kappa shape index (κ1) is 81.8. The zero-order valence-electron chi connectivity index (χ0n) is 60.2. The second kappa shape index (κ2) is 33.8. The predicted octanol–water partition coefficient (Wildman–Crippen LogP) is 1.70. The van der Waals surface area contributed by atoms with Gasteiger partial charge in [-0.15, -0.1) is 12.3 Å². The van der Waals surface area contributed by atoms with Crippen LogP contribution in [0.3, 0.4) is 0 Å². The van der Waals surface area contributed by atoms with Crippen LogP contribution in [0, 0.1) is 30.1 Å². The zero-order chi connectivity index (χ0) is 80.5. The summed E-state index contributed by atoms with van der Waals surface area (Å²) in [6, 6.07) is -0.894. The molecule has 7 heterocycles. The second-order valence-electron chi connectivity index (χ2n) is 28.8. The summed E-state index contributed by atoms with van der Waals surface area (Å²) in [5, 5.41) is 136. The fraction of sp³-hybridized carbons (Fsp3) is 0.453. The minimum atomic E-state index is -2.38. The number of hydrogen-bond donors (Lipinski definition) is 19. The van der Waals surface area contributed by atoms with Crippen LogP contribution in [0.15, 0.2) is 78.9 Å². The highest BCUT2D eigenvalue weighted by Gasteiger charge is 2.53. The van der Waals surface area contributed by atoms with Crippen molar-refractivity contribution >= 4 is 76.4 Å². The molecule has 1 aliphatic carbocycles. The van der Waals surface area contributed by atoms with Crippen LogP contribution in [0.5, 0.6) is 46.0 Å². The number of primary amides is 1. The molecule has 3 unspecified atom stereocenters. The molecule has 36 heteroatoms. The second-order valence-corrected chi connectivity index (χ2v) is 29.6. The number of fused-ring (bicyclic) bond motifs is 15. The number of amides is 8. The van der Waals surface area contributed by atoms with Crippen LogP contribution in [0.4, 0.5) is 0 Å². The third kappa shape index (κ3) is 17.5. The van der Waals surface area contributed by atoms with Crippen LogP contribution in [0.25, 0.3) is 11.1 Å². The first-order chi connectivity index (χ1) is 52.6. The number of carbonyl (C=O) groups is 9. The summed E-state index contributed by atoms with van der Waals surface area (Å²) in [6.45, 7) is 5.66. The van der Waals surface area contributed by atoms with Gasteiger partial charge in [-0.05, 0) is 129 Å². The Hall–Kier alpha value is -10.1. The first-order valence-electron chi connectivity index (χ1n) is 35.5. The van der Waals surface area contributed by atoms with E-state index in [-0.39, 0.29) is 52.1 Å². The van der Waals surface area contributed by atoms with E-state index in [0.29, 0.717) is 19.3 Å². The van der Waals surface area contributed by atoms with Crippen LogP contribution < -0.4 is 62.5 Å². The number of halogens is 2. The Morgan fingerprint density at radius 1 is 0.739 bits per heavy atom. The van der Waals surface area contributed by atoms with Gasteiger partial charge in [0.1, 0.15) is 95.6 Å². The molecule has 5 aromatic carbocycles.